The van der Waals surface area contributed by atoms with Crippen LogP contribution in [0.5, 0.6) is 0 Å². The maximum atomic E-state index is 3.54. The Morgan fingerprint density at radius 2 is 1.93 bits per heavy atom. The van der Waals surface area contributed by atoms with Crippen molar-refractivity contribution in [3.05, 3.63) is 23.8 Å². The molecule has 2 N–H and O–H groups in total. The first-order valence-corrected chi connectivity index (χ1v) is 5.88. The van der Waals surface area contributed by atoms with Crippen LogP contribution < -0.4 is 10.6 Å². The van der Waals surface area contributed by atoms with Gasteiger partial charge in [-0.3, -0.25) is 0 Å². The van der Waals surface area contributed by atoms with Gasteiger partial charge in [0.15, 0.2) is 0 Å². The van der Waals surface area contributed by atoms with Gasteiger partial charge in [-0.2, -0.15) is 0 Å². The van der Waals surface area contributed by atoms with Crippen molar-refractivity contribution in [3.63, 3.8) is 0 Å². The molecule has 0 saturated heterocycles. The summed E-state index contributed by atoms with van der Waals surface area (Å²) in [5.41, 5.74) is 3.82. The lowest BCUT2D eigenvalue weighted by Crippen LogP contribution is -2.18. The van der Waals surface area contributed by atoms with Crippen LogP contribution >= 0.6 is 0 Å². The van der Waals surface area contributed by atoms with E-state index in [9.17, 15) is 0 Å². The predicted molar refractivity (Wildman–Crippen MR) is 66.6 cm³/mol. The van der Waals surface area contributed by atoms with E-state index in [2.05, 4.69) is 42.7 Å². The van der Waals surface area contributed by atoms with Crippen molar-refractivity contribution in [2.24, 2.45) is 5.92 Å². The predicted octanol–water partition coefficient (Wildman–Crippen LogP) is 3.25. The van der Waals surface area contributed by atoms with Gasteiger partial charge in [-0.15, -0.1) is 0 Å². The highest BCUT2D eigenvalue weighted by Gasteiger charge is 2.13. The average Bonchev–Trinajstić information content (AvgIpc) is 2.42. The summed E-state index contributed by atoms with van der Waals surface area (Å²) in [5, 5.41) is 7.06. The summed E-state index contributed by atoms with van der Waals surface area (Å²) in [6.45, 7) is 6.58. The Morgan fingerprint density at radius 3 is 2.67 bits per heavy atom. The van der Waals surface area contributed by atoms with Crippen LogP contribution in [0.3, 0.4) is 0 Å². The molecular formula is C13H20N2. The fourth-order valence-electron chi connectivity index (χ4n) is 2.15. The van der Waals surface area contributed by atoms with Gasteiger partial charge < -0.3 is 10.6 Å². The van der Waals surface area contributed by atoms with Gasteiger partial charge >= 0.3 is 0 Å². The molecule has 0 bridgehead atoms. The van der Waals surface area contributed by atoms with E-state index < -0.39 is 0 Å². The zero-order chi connectivity index (χ0) is 10.7. The summed E-state index contributed by atoms with van der Waals surface area (Å²) in [4.78, 5) is 0. The molecule has 1 unspecified atom stereocenters. The molecular weight excluding hydrogens is 184 g/mol. The third-order valence-corrected chi connectivity index (χ3v) is 3.03. The van der Waals surface area contributed by atoms with Crippen LogP contribution in [0.2, 0.25) is 0 Å². The Hall–Kier alpha value is -1.18. The normalized spacial score (nSPS) is 19.7. The van der Waals surface area contributed by atoms with Gasteiger partial charge in [-0.25, -0.2) is 0 Å². The van der Waals surface area contributed by atoms with Gasteiger partial charge in [0.1, 0.15) is 0 Å². The fourth-order valence-corrected chi connectivity index (χ4v) is 2.15. The first-order chi connectivity index (χ1) is 7.29. The summed E-state index contributed by atoms with van der Waals surface area (Å²) >= 11 is 0. The van der Waals surface area contributed by atoms with Crippen molar-refractivity contribution >= 4 is 11.4 Å². The van der Waals surface area contributed by atoms with Crippen molar-refractivity contribution in [1.29, 1.82) is 0 Å². The highest BCUT2D eigenvalue weighted by molar-refractivity contribution is 5.70. The molecule has 1 heterocycles. The van der Waals surface area contributed by atoms with Crippen LogP contribution in [-0.4, -0.2) is 13.1 Å². The highest BCUT2D eigenvalue weighted by Crippen LogP contribution is 2.26. The zero-order valence-electron chi connectivity index (χ0n) is 9.64. The molecule has 0 spiro atoms. The highest BCUT2D eigenvalue weighted by atomic mass is 15.0. The van der Waals surface area contributed by atoms with E-state index in [1.165, 1.54) is 29.8 Å². The topological polar surface area (TPSA) is 24.1 Å². The number of benzene rings is 1. The van der Waals surface area contributed by atoms with Crippen LogP contribution in [0.25, 0.3) is 0 Å². The maximum Gasteiger partial charge on any atom is 0.0578 e. The summed E-state index contributed by atoms with van der Waals surface area (Å²) in [6.07, 6.45) is 2.57. The Balaban J connectivity index is 2.11. The maximum absolute atomic E-state index is 3.54. The number of hydrogen-bond donors (Lipinski definition) is 2. The Labute approximate surface area is 92.1 Å². The molecule has 1 aromatic rings. The second kappa shape index (κ2) is 4.56. The van der Waals surface area contributed by atoms with Gasteiger partial charge in [-0.05, 0) is 37.0 Å². The second-order valence-corrected chi connectivity index (χ2v) is 4.47. The first-order valence-electron chi connectivity index (χ1n) is 5.88. The third kappa shape index (κ3) is 2.44. The molecule has 2 heteroatoms. The molecule has 1 aliphatic rings. The molecule has 0 radical (unpaired) electrons. The van der Waals surface area contributed by atoms with Crippen molar-refractivity contribution in [2.75, 3.05) is 23.7 Å². The van der Waals surface area contributed by atoms with Crippen LogP contribution in [-0.2, 0) is 0 Å². The Morgan fingerprint density at radius 1 is 1.20 bits per heavy atom. The monoisotopic (exact) mass is 204 g/mol. The second-order valence-electron chi connectivity index (χ2n) is 4.47. The molecule has 1 aromatic carbocycles. The number of aryl methyl sites for hydroxylation is 1. The molecule has 82 valence electrons. The lowest BCUT2D eigenvalue weighted by Gasteiger charge is -2.12. The van der Waals surface area contributed by atoms with E-state index in [1.807, 2.05) is 0 Å². The van der Waals surface area contributed by atoms with Crippen molar-refractivity contribution in [2.45, 2.75) is 26.7 Å². The summed E-state index contributed by atoms with van der Waals surface area (Å²) in [6, 6.07) is 6.55. The molecule has 15 heavy (non-hydrogen) atoms. The van der Waals surface area contributed by atoms with Gasteiger partial charge in [0.25, 0.3) is 0 Å². The molecule has 0 fully saturated rings. The summed E-state index contributed by atoms with van der Waals surface area (Å²) in [7, 11) is 0. The summed E-state index contributed by atoms with van der Waals surface area (Å²) in [5.74, 6) is 0.753. The SMILES string of the molecule is CCCC1CNc2ccc(C)cc2NC1. The fraction of sp³-hybridized carbons (Fsp3) is 0.538. The van der Waals surface area contributed by atoms with Gasteiger partial charge in [-0.1, -0.05) is 19.4 Å². The van der Waals surface area contributed by atoms with E-state index >= 15 is 0 Å². The molecule has 2 rings (SSSR count). The van der Waals surface area contributed by atoms with Crippen LogP contribution in [0.1, 0.15) is 25.3 Å². The third-order valence-electron chi connectivity index (χ3n) is 3.03. The number of nitrogens with one attached hydrogen (secondary N) is 2. The largest absolute Gasteiger partial charge is 0.383 e. The standard InChI is InChI=1S/C13H20N2/c1-3-4-11-8-14-12-6-5-10(2)7-13(12)15-9-11/h5-7,11,14-15H,3-4,8-9H2,1-2H3. The van der Waals surface area contributed by atoms with Gasteiger partial charge in [0, 0.05) is 13.1 Å². The molecule has 0 saturated carbocycles. The smallest absolute Gasteiger partial charge is 0.0578 e. The first kappa shape index (κ1) is 10.3. The van der Waals surface area contributed by atoms with Gasteiger partial charge in [0.05, 0.1) is 11.4 Å². The lowest BCUT2D eigenvalue weighted by molar-refractivity contribution is 0.531. The van der Waals surface area contributed by atoms with Crippen molar-refractivity contribution in [3.8, 4) is 0 Å². The number of hydrogen-bond acceptors (Lipinski definition) is 2. The molecule has 0 aliphatic carbocycles. The molecule has 0 aromatic heterocycles. The van der Waals surface area contributed by atoms with E-state index in [0.29, 0.717) is 0 Å². The van der Waals surface area contributed by atoms with Crippen LogP contribution in [0.15, 0.2) is 18.2 Å². The Kier molecular flexibility index (Phi) is 3.14. The number of fused-ring (bicyclic) bond motifs is 1. The minimum atomic E-state index is 0.753. The molecule has 1 atom stereocenters. The van der Waals surface area contributed by atoms with Crippen LogP contribution in [0.4, 0.5) is 11.4 Å². The van der Waals surface area contributed by atoms with Crippen LogP contribution in [0, 0.1) is 12.8 Å². The minimum Gasteiger partial charge on any atom is -0.383 e. The average molecular weight is 204 g/mol. The van der Waals surface area contributed by atoms with E-state index in [4.69, 9.17) is 0 Å². The zero-order valence-corrected chi connectivity index (χ0v) is 9.64. The van der Waals surface area contributed by atoms with E-state index in [0.717, 1.165) is 19.0 Å². The number of rotatable bonds is 2. The minimum absolute atomic E-state index is 0.753. The quantitative estimate of drug-likeness (QED) is 0.772. The Bertz CT molecular complexity index is 333. The molecule has 2 nitrogen and oxygen atoms in total. The lowest BCUT2D eigenvalue weighted by atomic mass is 10.0. The van der Waals surface area contributed by atoms with Crippen molar-refractivity contribution < 1.29 is 0 Å². The van der Waals surface area contributed by atoms with Crippen molar-refractivity contribution in [1.82, 2.24) is 0 Å². The van der Waals surface area contributed by atoms with E-state index in [-0.39, 0.29) is 0 Å². The molecule has 1 aliphatic heterocycles. The number of anilines is 2. The van der Waals surface area contributed by atoms with E-state index in [1.54, 1.807) is 0 Å². The molecule has 0 amide bonds. The summed E-state index contributed by atoms with van der Waals surface area (Å²) < 4.78 is 0. The van der Waals surface area contributed by atoms with Gasteiger partial charge in [0.2, 0.25) is 0 Å².